The summed E-state index contributed by atoms with van der Waals surface area (Å²) < 4.78 is 0. The highest BCUT2D eigenvalue weighted by Gasteiger charge is 2.10. The average Bonchev–Trinajstić information content (AvgIpc) is 2.52. The van der Waals surface area contributed by atoms with Crippen LogP contribution < -0.4 is 11.1 Å². The maximum atomic E-state index is 6.25. The van der Waals surface area contributed by atoms with Crippen LogP contribution in [0.1, 0.15) is 22.9 Å². The van der Waals surface area contributed by atoms with Gasteiger partial charge in [0.2, 0.25) is 0 Å². The van der Waals surface area contributed by atoms with Crippen LogP contribution in [0.5, 0.6) is 0 Å². The normalized spacial score (nSPS) is 11.8. The van der Waals surface area contributed by atoms with Crippen molar-refractivity contribution < 1.29 is 0 Å². The Labute approximate surface area is 120 Å². The molecule has 2 heteroatoms. The van der Waals surface area contributed by atoms with Crippen molar-refractivity contribution in [2.75, 3.05) is 0 Å². The van der Waals surface area contributed by atoms with Crippen LogP contribution >= 0.6 is 0 Å². The van der Waals surface area contributed by atoms with Crippen LogP contribution in [0, 0.1) is 0 Å². The molecule has 1 unspecified atom stereocenters. The van der Waals surface area contributed by atoms with Gasteiger partial charge in [-0.25, -0.2) is 0 Å². The summed E-state index contributed by atoms with van der Waals surface area (Å²) in [5.41, 5.74) is 10.4. The number of allylic oxidation sites excluding steroid dienone is 2. The monoisotopic (exact) mass is 264 g/mol. The lowest BCUT2D eigenvalue weighted by Gasteiger charge is -2.18. The van der Waals surface area contributed by atoms with Gasteiger partial charge in [0.05, 0.1) is 6.17 Å². The molecule has 0 aliphatic carbocycles. The summed E-state index contributed by atoms with van der Waals surface area (Å²) in [4.78, 5) is 0. The number of hydrogen-bond donors (Lipinski definition) is 2. The minimum absolute atomic E-state index is 0.233. The largest absolute Gasteiger partial charge is 0.312 e. The second-order valence-electron chi connectivity index (χ2n) is 4.66. The van der Waals surface area contributed by atoms with Gasteiger partial charge in [-0.1, -0.05) is 73.8 Å². The Balaban J connectivity index is 2.11. The summed E-state index contributed by atoms with van der Waals surface area (Å²) in [5.74, 6) is 0. The molecular formula is C18H20N2. The van der Waals surface area contributed by atoms with E-state index in [0.717, 1.165) is 23.2 Å². The molecule has 0 spiro atoms. The van der Waals surface area contributed by atoms with Crippen molar-refractivity contribution in [2.45, 2.75) is 12.7 Å². The third kappa shape index (κ3) is 3.44. The number of benzene rings is 2. The minimum atomic E-state index is -0.233. The summed E-state index contributed by atoms with van der Waals surface area (Å²) in [6, 6.07) is 18.2. The van der Waals surface area contributed by atoms with Crippen LogP contribution in [0.25, 0.3) is 5.57 Å². The quantitative estimate of drug-likeness (QED) is 0.617. The van der Waals surface area contributed by atoms with E-state index in [0.29, 0.717) is 0 Å². The molecule has 2 nitrogen and oxygen atoms in total. The number of nitrogens with one attached hydrogen (secondary N) is 1. The van der Waals surface area contributed by atoms with E-state index in [1.807, 2.05) is 42.5 Å². The molecule has 0 bridgehead atoms. The Morgan fingerprint density at radius 2 is 1.75 bits per heavy atom. The zero-order valence-corrected chi connectivity index (χ0v) is 11.5. The molecule has 2 rings (SSSR count). The van der Waals surface area contributed by atoms with Gasteiger partial charge in [-0.05, 0) is 22.3 Å². The van der Waals surface area contributed by atoms with E-state index in [9.17, 15) is 0 Å². The predicted molar refractivity (Wildman–Crippen MR) is 85.9 cm³/mol. The van der Waals surface area contributed by atoms with Crippen LogP contribution in [0.3, 0.4) is 0 Å². The molecule has 0 saturated heterocycles. The first-order valence-electron chi connectivity index (χ1n) is 6.66. The fraction of sp³-hybridized carbons (Fsp3) is 0.111. The van der Waals surface area contributed by atoms with Gasteiger partial charge in [-0.2, -0.15) is 0 Å². The zero-order valence-electron chi connectivity index (χ0n) is 11.5. The van der Waals surface area contributed by atoms with Crippen molar-refractivity contribution in [3.05, 3.63) is 90.5 Å². The topological polar surface area (TPSA) is 38.0 Å². The van der Waals surface area contributed by atoms with Crippen molar-refractivity contribution in [1.82, 2.24) is 5.32 Å². The first-order chi connectivity index (χ1) is 9.72. The molecule has 0 aliphatic rings. The molecule has 0 fully saturated rings. The Morgan fingerprint density at radius 3 is 2.45 bits per heavy atom. The second kappa shape index (κ2) is 6.85. The summed E-state index contributed by atoms with van der Waals surface area (Å²) in [7, 11) is 0. The first kappa shape index (κ1) is 14.3. The molecule has 0 radical (unpaired) electrons. The van der Waals surface area contributed by atoms with E-state index in [2.05, 4.69) is 30.6 Å². The zero-order chi connectivity index (χ0) is 14.4. The van der Waals surface area contributed by atoms with Crippen molar-refractivity contribution in [3.8, 4) is 0 Å². The molecule has 0 amide bonds. The predicted octanol–water partition coefficient (Wildman–Crippen LogP) is 3.63. The number of hydrogen-bond acceptors (Lipinski definition) is 2. The lowest BCUT2D eigenvalue weighted by molar-refractivity contribution is 0.551. The van der Waals surface area contributed by atoms with Crippen LogP contribution in [0.15, 0.2) is 73.8 Å². The SMILES string of the molecule is C=CC(=C)c1ccccc1C(N)NCc1ccccc1. The van der Waals surface area contributed by atoms with Crippen LogP contribution in [0.2, 0.25) is 0 Å². The Bertz CT molecular complexity index is 587. The molecule has 2 aromatic carbocycles. The van der Waals surface area contributed by atoms with E-state index in [-0.39, 0.29) is 6.17 Å². The van der Waals surface area contributed by atoms with Crippen molar-refractivity contribution in [3.63, 3.8) is 0 Å². The van der Waals surface area contributed by atoms with Crippen molar-refractivity contribution >= 4 is 5.57 Å². The molecule has 102 valence electrons. The number of nitrogens with two attached hydrogens (primary N) is 1. The molecule has 20 heavy (non-hydrogen) atoms. The van der Waals surface area contributed by atoms with Gasteiger partial charge >= 0.3 is 0 Å². The second-order valence-corrected chi connectivity index (χ2v) is 4.66. The third-order valence-corrected chi connectivity index (χ3v) is 3.26. The van der Waals surface area contributed by atoms with E-state index < -0.39 is 0 Å². The van der Waals surface area contributed by atoms with Gasteiger partial charge in [0.25, 0.3) is 0 Å². The standard InChI is InChI=1S/C18H20N2/c1-3-14(2)16-11-7-8-12-17(16)18(19)20-13-15-9-5-4-6-10-15/h3-12,18,20H,1-2,13,19H2. The van der Waals surface area contributed by atoms with E-state index in [1.54, 1.807) is 6.08 Å². The van der Waals surface area contributed by atoms with Gasteiger partial charge in [0.1, 0.15) is 0 Å². The van der Waals surface area contributed by atoms with Crippen LogP contribution in [-0.4, -0.2) is 0 Å². The minimum Gasteiger partial charge on any atom is -0.312 e. The van der Waals surface area contributed by atoms with Gasteiger partial charge in [0.15, 0.2) is 0 Å². The highest BCUT2D eigenvalue weighted by Crippen LogP contribution is 2.22. The average molecular weight is 264 g/mol. The van der Waals surface area contributed by atoms with Gasteiger partial charge in [-0.15, -0.1) is 0 Å². The van der Waals surface area contributed by atoms with Gasteiger partial charge in [-0.3, -0.25) is 5.32 Å². The lowest BCUT2D eigenvalue weighted by Crippen LogP contribution is -2.29. The van der Waals surface area contributed by atoms with E-state index >= 15 is 0 Å². The smallest absolute Gasteiger partial charge is 0.0818 e. The van der Waals surface area contributed by atoms with Gasteiger partial charge < -0.3 is 5.73 Å². The first-order valence-corrected chi connectivity index (χ1v) is 6.66. The summed E-state index contributed by atoms with van der Waals surface area (Å²) in [6.45, 7) is 8.51. The maximum Gasteiger partial charge on any atom is 0.0818 e. The summed E-state index contributed by atoms with van der Waals surface area (Å²) in [6.07, 6.45) is 1.52. The Hall–Kier alpha value is -2.16. The molecular weight excluding hydrogens is 244 g/mol. The number of rotatable bonds is 6. The maximum absolute atomic E-state index is 6.25. The Morgan fingerprint density at radius 1 is 1.10 bits per heavy atom. The van der Waals surface area contributed by atoms with Crippen LogP contribution in [-0.2, 0) is 6.54 Å². The fourth-order valence-electron chi connectivity index (χ4n) is 2.10. The lowest BCUT2D eigenvalue weighted by atomic mass is 9.99. The summed E-state index contributed by atoms with van der Waals surface area (Å²) >= 11 is 0. The molecule has 0 saturated carbocycles. The van der Waals surface area contributed by atoms with Gasteiger partial charge in [0, 0.05) is 6.54 Å². The summed E-state index contributed by atoms with van der Waals surface area (Å²) in [5, 5.41) is 3.34. The molecule has 3 N–H and O–H groups in total. The third-order valence-electron chi connectivity index (χ3n) is 3.26. The fourth-order valence-corrected chi connectivity index (χ4v) is 2.10. The van der Waals surface area contributed by atoms with Crippen molar-refractivity contribution in [1.29, 1.82) is 0 Å². The molecule has 1 atom stereocenters. The van der Waals surface area contributed by atoms with Crippen molar-refractivity contribution in [2.24, 2.45) is 5.73 Å². The highest BCUT2D eigenvalue weighted by molar-refractivity contribution is 5.73. The Kier molecular flexibility index (Phi) is 4.88. The molecule has 0 aliphatic heterocycles. The van der Waals surface area contributed by atoms with Crippen LogP contribution in [0.4, 0.5) is 0 Å². The molecule has 2 aromatic rings. The van der Waals surface area contributed by atoms with E-state index in [1.165, 1.54) is 5.56 Å². The molecule has 0 heterocycles. The molecule has 0 aromatic heterocycles. The highest BCUT2D eigenvalue weighted by atomic mass is 15.0. The van der Waals surface area contributed by atoms with E-state index in [4.69, 9.17) is 5.73 Å².